The molecule has 0 spiro atoms. The predicted octanol–water partition coefficient (Wildman–Crippen LogP) is 3.80. The number of carbonyl (C=O) groups excluding carboxylic acids is 1. The molecule has 0 saturated heterocycles. The fourth-order valence-corrected chi connectivity index (χ4v) is 2.58. The summed E-state index contributed by atoms with van der Waals surface area (Å²) >= 11 is 0. The van der Waals surface area contributed by atoms with Crippen molar-refractivity contribution in [3.63, 3.8) is 0 Å². The van der Waals surface area contributed by atoms with Crippen molar-refractivity contribution in [1.82, 2.24) is 5.43 Å². The van der Waals surface area contributed by atoms with E-state index >= 15 is 0 Å². The topological polar surface area (TPSA) is 97.2 Å². The fourth-order valence-electron chi connectivity index (χ4n) is 2.58. The summed E-state index contributed by atoms with van der Waals surface area (Å²) in [6, 6.07) is 21.6. The van der Waals surface area contributed by atoms with Crippen molar-refractivity contribution in [1.29, 1.82) is 0 Å². The molecule has 0 aliphatic rings. The van der Waals surface area contributed by atoms with Crippen LogP contribution in [0.5, 0.6) is 11.5 Å². The van der Waals surface area contributed by atoms with Crippen LogP contribution in [0.3, 0.4) is 0 Å². The Morgan fingerprint density at radius 2 is 1.52 bits per heavy atom. The highest BCUT2D eigenvalue weighted by Crippen LogP contribution is 2.15. The van der Waals surface area contributed by atoms with Crippen LogP contribution in [0, 0.1) is 6.92 Å². The summed E-state index contributed by atoms with van der Waals surface area (Å²) in [4.78, 5) is 22.7. The van der Waals surface area contributed by atoms with Gasteiger partial charge in [0.05, 0.1) is 6.21 Å². The number of rotatable bonds is 9. The summed E-state index contributed by atoms with van der Waals surface area (Å²) in [6.45, 7) is 2.09. The molecular weight excluding hydrogens is 396 g/mol. The van der Waals surface area contributed by atoms with Crippen LogP contribution in [0.25, 0.3) is 0 Å². The van der Waals surface area contributed by atoms with Crippen molar-refractivity contribution in [3.05, 3.63) is 95.1 Å². The van der Waals surface area contributed by atoms with E-state index in [4.69, 9.17) is 14.6 Å². The lowest BCUT2D eigenvalue weighted by molar-refractivity contribution is -0.139. The number of nitrogens with zero attached hydrogens (tertiary/aromatic N) is 1. The number of aliphatic carboxylic acids is 1. The van der Waals surface area contributed by atoms with E-state index in [1.54, 1.807) is 48.5 Å². The first-order valence-corrected chi connectivity index (χ1v) is 9.56. The lowest BCUT2D eigenvalue weighted by Gasteiger charge is -2.07. The molecular formula is C24H22N2O5. The second kappa shape index (κ2) is 10.6. The summed E-state index contributed by atoms with van der Waals surface area (Å²) in [5, 5.41) is 12.5. The third kappa shape index (κ3) is 7.01. The zero-order valence-electron chi connectivity index (χ0n) is 16.9. The number of hydrogen-bond acceptors (Lipinski definition) is 5. The van der Waals surface area contributed by atoms with Gasteiger partial charge in [0.2, 0.25) is 0 Å². The highest BCUT2D eigenvalue weighted by atomic mass is 16.5. The lowest BCUT2D eigenvalue weighted by atomic mass is 10.2. The minimum atomic E-state index is -1.04. The predicted molar refractivity (Wildman–Crippen MR) is 117 cm³/mol. The van der Waals surface area contributed by atoms with Crippen LogP contribution in [0.4, 0.5) is 0 Å². The zero-order chi connectivity index (χ0) is 22.1. The standard InChI is InChI=1S/C24H22N2O5/c1-17-2-4-19(5-3-17)15-30-22-12-8-20(9-13-22)24(29)26-25-14-18-6-10-21(11-7-18)31-16-23(27)28/h2-14H,15-16H2,1H3,(H,26,29)(H,27,28)/b25-14-. The number of benzene rings is 3. The molecule has 0 heterocycles. The molecule has 7 heteroatoms. The van der Waals surface area contributed by atoms with Crippen molar-refractivity contribution in [3.8, 4) is 11.5 Å². The fraction of sp³-hybridized carbons (Fsp3) is 0.125. The number of hydrazone groups is 1. The first-order valence-electron chi connectivity index (χ1n) is 9.56. The van der Waals surface area contributed by atoms with Crippen LogP contribution in [0.1, 0.15) is 27.0 Å². The van der Waals surface area contributed by atoms with Gasteiger partial charge < -0.3 is 14.6 Å². The van der Waals surface area contributed by atoms with E-state index in [-0.39, 0.29) is 5.91 Å². The number of amides is 1. The largest absolute Gasteiger partial charge is 0.489 e. The molecule has 0 aliphatic heterocycles. The van der Waals surface area contributed by atoms with Gasteiger partial charge in [0, 0.05) is 5.56 Å². The molecule has 0 bridgehead atoms. The average Bonchev–Trinajstić information content (AvgIpc) is 2.78. The van der Waals surface area contributed by atoms with Gasteiger partial charge in [-0.3, -0.25) is 4.79 Å². The van der Waals surface area contributed by atoms with Crippen molar-refractivity contribution in [2.24, 2.45) is 5.10 Å². The SMILES string of the molecule is Cc1ccc(COc2ccc(C(=O)N/N=C\c3ccc(OCC(=O)O)cc3)cc2)cc1. The maximum atomic E-state index is 12.2. The molecule has 31 heavy (non-hydrogen) atoms. The van der Waals surface area contributed by atoms with Crippen LogP contribution >= 0.6 is 0 Å². The second-order valence-electron chi connectivity index (χ2n) is 6.75. The van der Waals surface area contributed by atoms with E-state index in [9.17, 15) is 9.59 Å². The first-order chi connectivity index (χ1) is 15.0. The molecule has 0 unspecified atom stereocenters. The van der Waals surface area contributed by atoms with Gasteiger partial charge in [-0.2, -0.15) is 5.10 Å². The Balaban J connectivity index is 1.47. The van der Waals surface area contributed by atoms with Gasteiger partial charge in [0.25, 0.3) is 5.91 Å². The van der Waals surface area contributed by atoms with Gasteiger partial charge in [-0.15, -0.1) is 0 Å². The van der Waals surface area contributed by atoms with Crippen molar-refractivity contribution >= 4 is 18.1 Å². The molecule has 2 N–H and O–H groups in total. The summed E-state index contributed by atoms with van der Waals surface area (Å²) in [5.41, 5.74) is 5.92. The van der Waals surface area contributed by atoms with E-state index in [1.165, 1.54) is 11.8 Å². The number of carbonyl (C=O) groups is 2. The number of aryl methyl sites for hydroxylation is 1. The van der Waals surface area contributed by atoms with Gasteiger partial charge in [-0.25, -0.2) is 10.2 Å². The summed E-state index contributed by atoms with van der Waals surface area (Å²) in [7, 11) is 0. The van der Waals surface area contributed by atoms with Gasteiger partial charge in [0.1, 0.15) is 18.1 Å². The molecule has 0 saturated carbocycles. The number of carboxylic acids is 1. The highest BCUT2D eigenvalue weighted by molar-refractivity contribution is 5.95. The third-order valence-corrected chi connectivity index (χ3v) is 4.26. The quantitative estimate of drug-likeness (QED) is 0.407. The molecule has 0 radical (unpaired) electrons. The Hall–Kier alpha value is -4.13. The summed E-state index contributed by atoms with van der Waals surface area (Å²) in [6.07, 6.45) is 1.48. The Morgan fingerprint density at radius 1 is 0.903 bits per heavy atom. The second-order valence-corrected chi connectivity index (χ2v) is 6.75. The highest BCUT2D eigenvalue weighted by Gasteiger charge is 2.05. The maximum Gasteiger partial charge on any atom is 0.341 e. The van der Waals surface area contributed by atoms with Gasteiger partial charge in [-0.05, 0) is 66.6 Å². The minimum absolute atomic E-state index is 0.345. The Bertz CT molecular complexity index is 1040. The smallest absolute Gasteiger partial charge is 0.341 e. The van der Waals surface area contributed by atoms with Crippen LogP contribution < -0.4 is 14.9 Å². The molecule has 0 fully saturated rings. The van der Waals surface area contributed by atoms with Crippen LogP contribution in [-0.2, 0) is 11.4 Å². The lowest BCUT2D eigenvalue weighted by Crippen LogP contribution is -2.17. The Kier molecular flexibility index (Phi) is 7.37. The minimum Gasteiger partial charge on any atom is -0.489 e. The molecule has 158 valence electrons. The summed E-state index contributed by atoms with van der Waals surface area (Å²) in [5.74, 6) is -0.277. The third-order valence-electron chi connectivity index (χ3n) is 4.26. The molecule has 0 aromatic heterocycles. The molecule has 3 rings (SSSR count). The molecule has 1 amide bonds. The van der Waals surface area contributed by atoms with Crippen molar-refractivity contribution in [2.75, 3.05) is 6.61 Å². The van der Waals surface area contributed by atoms with Gasteiger partial charge >= 0.3 is 5.97 Å². The van der Waals surface area contributed by atoms with Crippen molar-refractivity contribution < 1.29 is 24.2 Å². The van der Waals surface area contributed by atoms with E-state index < -0.39 is 12.6 Å². The monoisotopic (exact) mass is 418 g/mol. The van der Waals surface area contributed by atoms with Crippen molar-refractivity contribution in [2.45, 2.75) is 13.5 Å². The summed E-state index contributed by atoms with van der Waals surface area (Å²) < 4.78 is 10.8. The zero-order valence-corrected chi connectivity index (χ0v) is 16.9. The average molecular weight is 418 g/mol. The normalized spacial score (nSPS) is 10.6. The number of nitrogens with one attached hydrogen (secondary N) is 1. The van der Waals surface area contributed by atoms with Gasteiger partial charge in [0.15, 0.2) is 6.61 Å². The first kappa shape index (κ1) is 21.6. The number of ether oxygens (including phenoxy) is 2. The molecule has 0 aliphatic carbocycles. The van der Waals surface area contributed by atoms with Crippen LogP contribution in [0.2, 0.25) is 0 Å². The Morgan fingerprint density at radius 3 is 2.16 bits per heavy atom. The number of hydrogen-bond donors (Lipinski definition) is 2. The molecule has 3 aromatic rings. The molecule has 7 nitrogen and oxygen atoms in total. The van der Waals surface area contributed by atoms with Crippen LogP contribution in [0.15, 0.2) is 77.9 Å². The molecule has 0 atom stereocenters. The Labute approximate surface area is 179 Å². The maximum absolute atomic E-state index is 12.2. The van der Waals surface area contributed by atoms with Gasteiger partial charge in [-0.1, -0.05) is 29.8 Å². The number of carboxylic acid groups (broad SMARTS) is 1. The van der Waals surface area contributed by atoms with Crippen LogP contribution in [-0.4, -0.2) is 29.8 Å². The molecule has 3 aromatic carbocycles. The van der Waals surface area contributed by atoms with E-state index in [0.717, 1.165) is 11.1 Å². The van der Waals surface area contributed by atoms with E-state index in [2.05, 4.69) is 10.5 Å². The van der Waals surface area contributed by atoms with E-state index in [0.29, 0.717) is 23.7 Å². The van der Waals surface area contributed by atoms with E-state index in [1.807, 2.05) is 31.2 Å².